The zero-order valence-electron chi connectivity index (χ0n) is 16.9. The quantitative estimate of drug-likeness (QED) is 0.470. The zero-order valence-corrected chi connectivity index (χ0v) is 16.9. The van der Waals surface area contributed by atoms with Crippen LogP contribution in [0.15, 0.2) is 22.6 Å². The average molecular weight is 408 g/mol. The van der Waals surface area contributed by atoms with Gasteiger partial charge in [0.2, 0.25) is 11.5 Å². The van der Waals surface area contributed by atoms with E-state index < -0.39 is 22.6 Å². The number of nitro benzene ring substituents is 1. The van der Waals surface area contributed by atoms with Crippen LogP contribution in [-0.2, 0) is 4.74 Å². The van der Waals surface area contributed by atoms with Gasteiger partial charge in [0.1, 0.15) is 17.1 Å². The zero-order chi connectivity index (χ0) is 21.6. The molecule has 2 aromatic rings. The molecule has 0 aliphatic rings. The van der Waals surface area contributed by atoms with Crippen molar-refractivity contribution in [3.63, 3.8) is 0 Å². The molecular weight excluding hydrogens is 384 g/mol. The Labute approximate surface area is 167 Å². The molecule has 2 rings (SSSR count). The number of amides is 1. The molecule has 158 valence electrons. The highest BCUT2D eigenvalue weighted by molar-refractivity contribution is 6.00. The van der Waals surface area contributed by atoms with E-state index in [1.165, 1.54) is 34.5 Å². The Morgan fingerprint density at radius 2 is 1.86 bits per heavy atom. The molecule has 0 saturated heterocycles. The van der Waals surface area contributed by atoms with Crippen molar-refractivity contribution < 1.29 is 33.1 Å². The molecule has 1 aromatic carbocycles. The lowest BCUT2D eigenvalue weighted by Gasteiger charge is -2.18. The van der Waals surface area contributed by atoms with Gasteiger partial charge in [0.15, 0.2) is 5.75 Å². The van der Waals surface area contributed by atoms with Gasteiger partial charge in [-0.3, -0.25) is 14.9 Å². The summed E-state index contributed by atoms with van der Waals surface area (Å²) in [7, 11) is 5.47. The smallest absolute Gasteiger partial charge is 0.327 e. The summed E-state index contributed by atoms with van der Waals surface area (Å²) in [6, 6.07) is 4.20. The van der Waals surface area contributed by atoms with Gasteiger partial charge in [0.25, 0.3) is 5.91 Å². The summed E-state index contributed by atoms with van der Waals surface area (Å²) < 4.78 is 26.2. The van der Waals surface area contributed by atoms with Gasteiger partial charge in [0, 0.05) is 19.8 Å². The first kappa shape index (κ1) is 22.0. The first-order chi connectivity index (χ1) is 13.9. The fourth-order valence-corrected chi connectivity index (χ4v) is 2.89. The number of hydrogen-bond donors (Lipinski definition) is 1. The lowest BCUT2D eigenvalue weighted by Crippen LogP contribution is -2.30. The largest absolute Gasteiger partial charge is 0.493 e. The number of nitrogens with zero attached hydrogens (tertiary/aromatic N) is 1. The van der Waals surface area contributed by atoms with Crippen molar-refractivity contribution in [1.29, 1.82) is 0 Å². The summed E-state index contributed by atoms with van der Waals surface area (Å²) >= 11 is 0. The van der Waals surface area contributed by atoms with Gasteiger partial charge in [-0.05, 0) is 25.5 Å². The van der Waals surface area contributed by atoms with Crippen LogP contribution in [-0.4, -0.2) is 45.9 Å². The summed E-state index contributed by atoms with van der Waals surface area (Å²) in [5, 5.41) is 14.5. The molecule has 1 aromatic heterocycles. The lowest BCUT2D eigenvalue weighted by molar-refractivity contribution is -0.386. The Morgan fingerprint density at radius 1 is 1.17 bits per heavy atom. The number of furan rings is 1. The van der Waals surface area contributed by atoms with Crippen LogP contribution in [0.2, 0.25) is 0 Å². The molecule has 0 unspecified atom stereocenters. The number of aryl methyl sites for hydroxylation is 1. The second-order valence-corrected chi connectivity index (χ2v) is 6.05. The Bertz CT molecular complexity index is 877. The van der Waals surface area contributed by atoms with Crippen molar-refractivity contribution in [3.05, 3.63) is 45.4 Å². The molecule has 0 bridgehead atoms. The minimum absolute atomic E-state index is 0.0239. The van der Waals surface area contributed by atoms with Crippen molar-refractivity contribution in [1.82, 2.24) is 5.32 Å². The normalized spacial score (nSPS) is 11.6. The van der Waals surface area contributed by atoms with E-state index in [-0.39, 0.29) is 22.8 Å². The standard InChI is InChI=1S/C19H24N2O8/c1-11-6-7-14(29-11)13(8-9-25-2)20-19(22)12-10-15(26-3)17(27-4)18(28-5)16(12)21(23)24/h6-7,10,13H,8-9H2,1-5H3,(H,20,22)/t13-/m1/s1. The van der Waals surface area contributed by atoms with Crippen LogP contribution in [0.25, 0.3) is 0 Å². The maximum Gasteiger partial charge on any atom is 0.327 e. The third-order valence-corrected chi connectivity index (χ3v) is 4.25. The van der Waals surface area contributed by atoms with Gasteiger partial charge in [-0.1, -0.05) is 0 Å². The molecule has 1 amide bonds. The minimum Gasteiger partial charge on any atom is -0.493 e. The van der Waals surface area contributed by atoms with Crippen molar-refractivity contribution in [3.8, 4) is 17.2 Å². The van der Waals surface area contributed by atoms with Crippen molar-refractivity contribution >= 4 is 11.6 Å². The van der Waals surface area contributed by atoms with E-state index in [4.69, 9.17) is 23.4 Å². The molecule has 0 spiro atoms. The van der Waals surface area contributed by atoms with Gasteiger partial charge in [-0.15, -0.1) is 0 Å². The first-order valence-electron chi connectivity index (χ1n) is 8.71. The van der Waals surface area contributed by atoms with Crippen molar-refractivity contribution in [2.75, 3.05) is 35.0 Å². The Kier molecular flexibility index (Phi) is 7.43. The molecule has 1 atom stereocenters. The second-order valence-electron chi connectivity index (χ2n) is 6.05. The molecule has 1 heterocycles. The Hall–Kier alpha value is -3.27. The van der Waals surface area contributed by atoms with E-state index in [0.29, 0.717) is 24.5 Å². The topological polar surface area (TPSA) is 122 Å². The number of carbonyl (C=O) groups excluding carboxylic acids is 1. The van der Waals surface area contributed by atoms with Gasteiger partial charge in [-0.2, -0.15) is 0 Å². The number of nitrogens with one attached hydrogen (secondary N) is 1. The molecule has 0 aliphatic carbocycles. The average Bonchev–Trinajstić information content (AvgIpc) is 3.14. The Morgan fingerprint density at radius 3 is 2.34 bits per heavy atom. The van der Waals surface area contributed by atoms with Crippen LogP contribution in [0.4, 0.5) is 5.69 Å². The number of rotatable bonds is 10. The molecule has 0 fully saturated rings. The van der Waals surface area contributed by atoms with Crippen LogP contribution in [0.3, 0.4) is 0 Å². The minimum atomic E-state index is -0.698. The monoisotopic (exact) mass is 408 g/mol. The number of nitro groups is 1. The van der Waals surface area contributed by atoms with Gasteiger partial charge >= 0.3 is 5.69 Å². The van der Waals surface area contributed by atoms with E-state index >= 15 is 0 Å². The maximum atomic E-state index is 13.0. The molecule has 10 heteroatoms. The number of benzene rings is 1. The van der Waals surface area contributed by atoms with E-state index in [1.807, 2.05) is 0 Å². The lowest BCUT2D eigenvalue weighted by atomic mass is 10.1. The Balaban J connectivity index is 2.50. The number of carbonyl (C=O) groups is 1. The van der Waals surface area contributed by atoms with Gasteiger partial charge < -0.3 is 28.7 Å². The predicted octanol–water partition coefficient (Wildman–Crippen LogP) is 3.03. The third kappa shape index (κ3) is 4.77. The van der Waals surface area contributed by atoms with Crippen LogP contribution < -0.4 is 19.5 Å². The molecule has 29 heavy (non-hydrogen) atoms. The summed E-state index contributed by atoms with van der Waals surface area (Å²) in [5.74, 6) is 0.451. The van der Waals surface area contributed by atoms with E-state index in [2.05, 4.69) is 5.32 Å². The van der Waals surface area contributed by atoms with E-state index in [0.717, 1.165) is 0 Å². The van der Waals surface area contributed by atoms with Crippen LogP contribution in [0, 0.1) is 17.0 Å². The highest BCUT2D eigenvalue weighted by Crippen LogP contribution is 2.46. The fraction of sp³-hybridized carbons (Fsp3) is 0.421. The highest BCUT2D eigenvalue weighted by Gasteiger charge is 2.33. The SMILES string of the molecule is COCC[C@@H](NC(=O)c1cc(OC)c(OC)c(OC)c1[N+](=O)[O-])c1ccc(C)o1. The van der Waals surface area contributed by atoms with Gasteiger partial charge in [-0.25, -0.2) is 0 Å². The molecule has 0 radical (unpaired) electrons. The second kappa shape index (κ2) is 9.78. The molecule has 1 N–H and O–H groups in total. The van der Waals surface area contributed by atoms with Crippen molar-refractivity contribution in [2.45, 2.75) is 19.4 Å². The number of ether oxygens (including phenoxy) is 4. The first-order valence-corrected chi connectivity index (χ1v) is 8.71. The van der Waals surface area contributed by atoms with Crippen LogP contribution >= 0.6 is 0 Å². The number of hydrogen-bond acceptors (Lipinski definition) is 8. The maximum absolute atomic E-state index is 13.0. The van der Waals surface area contributed by atoms with E-state index in [9.17, 15) is 14.9 Å². The van der Waals surface area contributed by atoms with E-state index in [1.54, 1.807) is 19.1 Å². The summed E-state index contributed by atoms with van der Waals surface area (Å²) in [6.07, 6.45) is 0.410. The van der Waals surface area contributed by atoms with Gasteiger partial charge in [0.05, 0.1) is 32.3 Å². The van der Waals surface area contributed by atoms with Crippen LogP contribution in [0.5, 0.6) is 17.2 Å². The summed E-state index contributed by atoms with van der Waals surface area (Å²) in [5.41, 5.74) is -0.751. The molecule has 0 saturated carbocycles. The molecular formula is C19H24N2O8. The highest BCUT2D eigenvalue weighted by atomic mass is 16.6. The number of methoxy groups -OCH3 is 4. The van der Waals surface area contributed by atoms with Crippen LogP contribution in [0.1, 0.15) is 34.3 Å². The summed E-state index contributed by atoms with van der Waals surface area (Å²) in [4.78, 5) is 24.0. The molecule has 0 aliphatic heterocycles. The molecule has 10 nitrogen and oxygen atoms in total. The summed E-state index contributed by atoms with van der Waals surface area (Å²) in [6.45, 7) is 2.13. The van der Waals surface area contributed by atoms with Crippen molar-refractivity contribution in [2.24, 2.45) is 0 Å². The predicted molar refractivity (Wildman–Crippen MR) is 103 cm³/mol. The fourth-order valence-electron chi connectivity index (χ4n) is 2.89. The third-order valence-electron chi connectivity index (χ3n) is 4.25.